The van der Waals surface area contributed by atoms with Crippen molar-refractivity contribution in [3.05, 3.63) is 41.6 Å². The highest BCUT2D eigenvalue weighted by Gasteiger charge is 2.38. The van der Waals surface area contributed by atoms with Crippen molar-refractivity contribution in [2.45, 2.75) is 26.1 Å². The summed E-state index contributed by atoms with van der Waals surface area (Å²) in [5, 5.41) is 6.69. The molecule has 150 valence electrons. The Morgan fingerprint density at radius 2 is 2.04 bits per heavy atom. The van der Waals surface area contributed by atoms with Gasteiger partial charge in [-0.15, -0.1) is 21.5 Å². The summed E-state index contributed by atoms with van der Waals surface area (Å²) in [6.45, 7) is 1.65. The minimum atomic E-state index is -4.75. The molecule has 3 heterocycles. The second kappa shape index (κ2) is 7.83. The lowest BCUT2D eigenvalue weighted by Crippen LogP contribution is -2.32. The minimum Gasteiger partial charge on any atom is -0.412 e. The van der Waals surface area contributed by atoms with Gasteiger partial charge in [0.1, 0.15) is 9.88 Å². The van der Waals surface area contributed by atoms with Crippen LogP contribution in [0.2, 0.25) is 0 Å². The molecule has 0 aliphatic heterocycles. The van der Waals surface area contributed by atoms with Crippen LogP contribution in [0, 0.1) is 0 Å². The molecule has 0 atom stereocenters. The van der Waals surface area contributed by atoms with E-state index in [9.17, 15) is 21.6 Å². The Kier molecular flexibility index (Phi) is 5.65. The molecule has 0 radical (unpaired) electrons. The monoisotopic (exact) mass is 433 g/mol. The van der Waals surface area contributed by atoms with Crippen LogP contribution in [-0.2, 0) is 22.7 Å². The number of pyridine rings is 1. The maximum atomic E-state index is 12.6. The van der Waals surface area contributed by atoms with Gasteiger partial charge in [-0.05, 0) is 18.6 Å². The predicted octanol–water partition coefficient (Wildman–Crippen LogP) is 3.35. The average molecular weight is 433 g/mol. The Hall–Kier alpha value is -2.54. The lowest BCUT2D eigenvalue weighted by Gasteiger charge is -2.22. The summed E-state index contributed by atoms with van der Waals surface area (Å²) in [6.07, 6.45) is -0.130. The molecule has 0 fully saturated rings. The first-order valence-electron chi connectivity index (χ1n) is 7.97. The molecule has 0 amide bonds. The number of aromatic nitrogens is 4. The lowest BCUT2D eigenvalue weighted by molar-refractivity contribution is -0.156. The van der Waals surface area contributed by atoms with Crippen molar-refractivity contribution >= 4 is 27.0 Å². The molecule has 0 aliphatic carbocycles. The highest BCUT2D eigenvalue weighted by Crippen LogP contribution is 2.32. The molecule has 0 saturated carbocycles. The average Bonchev–Trinajstić information content (AvgIpc) is 3.29. The molecule has 13 heteroatoms. The first-order valence-corrected chi connectivity index (χ1v) is 10.4. The molecule has 0 spiro atoms. The van der Waals surface area contributed by atoms with E-state index in [4.69, 9.17) is 0 Å². The Balaban J connectivity index is 1.88. The molecule has 3 rings (SSSR count). The van der Waals surface area contributed by atoms with E-state index in [1.54, 1.807) is 19.1 Å². The molecular weight excluding hydrogens is 419 g/mol. The summed E-state index contributed by atoms with van der Waals surface area (Å²) in [5.41, 5.74) is 0.366. The number of alkyl halides is 3. The van der Waals surface area contributed by atoms with Crippen LogP contribution in [0.5, 0.6) is 0 Å². The number of hydrogen-bond acceptors (Lipinski definition) is 8. The fourth-order valence-corrected chi connectivity index (χ4v) is 4.66. The van der Waals surface area contributed by atoms with Crippen LogP contribution in [0.1, 0.15) is 24.2 Å². The van der Waals surface area contributed by atoms with Gasteiger partial charge >= 0.3 is 12.1 Å². The van der Waals surface area contributed by atoms with E-state index in [0.29, 0.717) is 17.1 Å². The van der Waals surface area contributed by atoms with Gasteiger partial charge < -0.3 is 4.42 Å². The van der Waals surface area contributed by atoms with Crippen LogP contribution >= 0.6 is 11.3 Å². The van der Waals surface area contributed by atoms with Gasteiger partial charge in [0.05, 0.1) is 30.4 Å². The zero-order chi connectivity index (χ0) is 20.4. The van der Waals surface area contributed by atoms with Crippen molar-refractivity contribution < 1.29 is 26.0 Å². The van der Waals surface area contributed by atoms with Crippen LogP contribution in [-0.4, -0.2) is 34.3 Å². The van der Waals surface area contributed by atoms with Crippen molar-refractivity contribution in [1.29, 1.82) is 0 Å². The van der Waals surface area contributed by atoms with Crippen LogP contribution in [0.4, 0.5) is 18.9 Å². The Morgan fingerprint density at radius 1 is 1.25 bits per heavy atom. The maximum Gasteiger partial charge on any atom is 0.470 e. The summed E-state index contributed by atoms with van der Waals surface area (Å²) in [5.74, 6) is -1.86. The molecular formula is C15H14F3N5O3S2. The van der Waals surface area contributed by atoms with Gasteiger partial charge in [-0.2, -0.15) is 13.2 Å². The second-order valence-corrected chi connectivity index (χ2v) is 8.69. The van der Waals surface area contributed by atoms with E-state index in [-0.39, 0.29) is 23.1 Å². The SMILES string of the molecule is CCCS(=O)(=O)N(Cc1ncc(-c2nnc(C(F)(F)F)o2)s1)c1cccnc1. The third-order valence-electron chi connectivity index (χ3n) is 3.44. The van der Waals surface area contributed by atoms with E-state index in [1.165, 1.54) is 22.9 Å². The van der Waals surface area contributed by atoms with Gasteiger partial charge in [0, 0.05) is 6.20 Å². The van der Waals surface area contributed by atoms with Gasteiger partial charge in [-0.25, -0.2) is 13.4 Å². The molecule has 0 aromatic carbocycles. The third kappa shape index (κ3) is 4.47. The van der Waals surface area contributed by atoms with Gasteiger partial charge in [-0.1, -0.05) is 6.92 Å². The molecule has 0 aliphatic rings. The number of rotatable bonds is 7. The number of thiazole rings is 1. The van der Waals surface area contributed by atoms with E-state index < -0.39 is 22.1 Å². The number of halogens is 3. The standard InChI is InChI=1S/C15H14F3N5O3S2/c1-2-6-28(24,25)23(10-4-3-5-19-7-10)9-12-20-8-11(27-12)13-21-22-14(26-13)15(16,17)18/h3-5,7-8H,2,6,9H2,1H3. The normalized spacial score (nSPS) is 12.3. The van der Waals surface area contributed by atoms with Crippen molar-refractivity contribution in [1.82, 2.24) is 20.2 Å². The number of nitrogens with zero attached hydrogens (tertiary/aromatic N) is 5. The van der Waals surface area contributed by atoms with Crippen LogP contribution in [0.3, 0.4) is 0 Å². The maximum absolute atomic E-state index is 12.6. The summed E-state index contributed by atoms with van der Waals surface area (Å²) >= 11 is 0.966. The lowest BCUT2D eigenvalue weighted by atomic mass is 10.4. The second-order valence-electron chi connectivity index (χ2n) is 5.56. The molecule has 3 aromatic heterocycles. The van der Waals surface area contributed by atoms with Gasteiger partial charge in [0.25, 0.3) is 5.89 Å². The van der Waals surface area contributed by atoms with Crippen LogP contribution in [0.25, 0.3) is 10.8 Å². The number of hydrogen-bond donors (Lipinski definition) is 0. The molecule has 28 heavy (non-hydrogen) atoms. The largest absolute Gasteiger partial charge is 0.470 e. The smallest absolute Gasteiger partial charge is 0.412 e. The number of anilines is 1. The van der Waals surface area contributed by atoms with Gasteiger partial charge in [0.15, 0.2) is 0 Å². The molecule has 8 nitrogen and oxygen atoms in total. The first kappa shape index (κ1) is 20.2. The van der Waals surface area contributed by atoms with Gasteiger partial charge in [0.2, 0.25) is 10.0 Å². The molecule has 0 unspecified atom stereocenters. The Morgan fingerprint density at radius 3 is 2.64 bits per heavy atom. The van der Waals surface area contributed by atoms with Crippen LogP contribution < -0.4 is 4.31 Å². The van der Waals surface area contributed by atoms with Crippen molar-refractivity contribution in [2.75, 3.05) is 10.1 Å². The minimum absolute atomic E-state index is 0.0707. The first-order chi connectivity index (χ1) is 13.2. The van der Waals surface area contributed by atoms with Crippen molar-refractivity contribution in [3.8, 4) is 10.8 Å². The number of sulfonamides is 1. The summed E-state index contributed by atoms with van der Waals surface area (Å²) in [4.78, 5) is 8.23. The quantitative estimate of drug-likeness (QED) is 0.563. The fraction of sp³-hybridized carbons (Fsp3) is 0.333. The van der Waals surface area contributed by atoms with Crippen molar-refractivity contribution in [3.63, 3.8) is 0 Å². The molecule has 0 saturated heterocycles. The zero-order valence-corrected chi connectivity index (χ0v) is 16.1. The van der Waals surface area contributed by atoms with Gasteiger partial charge in [-0.3, -0.25) is 9.29 Å². The third-order valence-corrected chi connectivity index (χ3v) is 6.35. The van der Waals surface area contributed by atoms with E-state index in [2.05, 4.69) is 24.6 Å². The van der Waals surface area contributed by atoms with Crippen molar-refractivity contribution in [2.24, 2.45) is 0 Å². The van der Waals surface area contributed by atoms with E-state index in [0.717, 1.165) is 11.3 Å². The summed E-state index contributed by atoms with van der Waals surface area (Å²) < 4.78 is 68.9. The highest BCUT2D eigenvalue weighted by molar-refractivity contribution is 7.92. The fourth-order valence-electron chi connectivity index (χ4n) is 2.26. The van der Waals surface area contributed by atoms with Crippen LogP contribution in [0.15, 0.2) is 35.1 Å². The molecule has 0 bridgehead atoms. The predicted molar refractivity (Wildman–Crippen MR) is 94.9 cm³/mol. The Bertz CT molecular complexity index is 1030. The van der Waals surface area contributed by atoms with E-state index >= 15 is 0 Å². The molecule has 0 N–H and O–H groups in total. The molecule has 3 aromatic rings. The Labute approximate surface area is 162 Å². The zero-order valence-electron chi connectivity index (χ0n) is 14.4. The van der Waals surface area contributed by atoms with E-state index in [1.807, 2.05) is 0 Å². The summed E-state index contributed by atoms with van der Waals surface area (Å²) in [6, 6.07) is 3.20. The summed E-state index contributed by atoms with van der Waals surface area (Å²) in [7, 11) is -3.63. The topological polar surface area (TPSA) is 102 Å². The highest BCUT2D eigenvalue weighted by atomic mass is 32.2.